The molecule has 0 aromatic heterocycles. The Morgan fingerprint density at radius 3 is 2.80 bits per heavy atom. The number of rotatable bonds is 2. The van der Waals surface area contributed by atoms with Crippen molar-refractivity contribution >= 4 is 5.78 Å². The van der Waals surface area contributed by atoms with Gasteiger partial charge in [0.05, 0.1) is 0 Å². The van der Waals surface area contributed by atoms with Crippen LogP contribution >= 0.6 is 0 Å². The predicted octanol–water partition coefficient (Wildman–Crippen LogP) is 3.51. The van der Waals surface area contributed by atoms with E-state index in [1.165, 1.54) is 12.1 Å². The fourth-order valence-corrected chi connectivity index (χ4v) is 1.86. The van der Waals surface area contributed by atoms with E-state index in [1.807, 2.05) is 6.08 Å². The molecule has 0 N–H and O–H groups in total. The number of benzene rings is 1. The molecule has 0 saturated heterocycles. The second-order valence-electron chi connectivity index (χ2n) is 3.81. The van der Waals surface area contributed by atoms with E-state index in [1.54, 1.807) is 12.1 Å². The third-order valence-corrected chi connectivity index (χ3v) is 2.67. The highest BCUT2D eigenvalue weighted by atomic mass is 19.1. The van der Waals surface area contributed by atoms with Gasteiger partial charge in [0, 0.05) is 5.56 Å². The molecule has 78 valence electrons. The van der Waals surface area contributed by atoms with E-state index in [9.17, 15) is 9.18 Å². The average molecular weight is 204 g/mol. The summed E-state index contributed by atoms with van der Waals surface area (Å²) in [6.45, 7) is 0. The molecule has 0 bridgehead atoms. The minimum atomic E-state index is -0.350. The van der Waals surface area contributed by atoms with Crippen molar-refractivity contribution in [1.29, 1.82) is 0 Å². The van der Waals surface area contributed by atoms with Crippen LogP contribution in [0.5, 0.6) is 0 Å². The first kappa shape index (κ1) is 10.1. The molecular formula is C13H13FO. The standard InChI is InChI=1S/C13H13FO/c14-12-8-4-7-11(9-12)13(15)10-5-2-1-3-6-10/h4-5,7-9H,1-3,6H2. The molecule has 0 aliphatic heterocycles. The molecule has 1 aliphatic carbocycles. The summed E-state index contributed by atoms with van der Waals surface area (Å²) in [5.74, 6) is -0.369. The number of hydrogen-bond donors (Lipinski definition) is 0. The summed E-state index contributed by atoms with van der Waals surface area (Å²) in [6, 6.07) is 5.90. The van der Waals surface area contributed by atoms with Crippen LogP contribution < -0.4 is 0 Å². The molecule has 0 radical (unpaired) electrons. The summed E-state index contributed by atoms with van der Waals surface area (Å²) >= 11 is 0. The van der Waals surface area contributed by atoms with Crippen LogP contribution in [0.1, 0.15) is 36.0 Å². The normalized spacial score (nSPS) is 15.9. The van der Waals surface area contributed by atoms with Crippen molar-refractivity contribution in [2.45, 2.75) is 25.7 Å². The minimum Gasteiger partial charge on any atom is -0.289 e. The molecule has 1 aromatic rings. The van der Waals surface area contributed by atoms with Crippen molar-refractivity contribution in [2.75, 3.05) is 0 Å². The highest BCUT2D eigenvalue weighted by Crippen LogP contribution is 2.21. The zero-order valence-electron chi connectivity index (χ0n) is 8.50. The second kappa shape index (κ2) is 4.39. The van der Waals surface area contributed by atoms with Crippen LogP contribution in [0.15, 0.2) is 35.9 Å². The summed E-state index contributed by atoms with van der Waals surface area (Å²) in [7, 11) is 0. The van der Waals surface area contributed by atoms with Gasteiger partial charge in [0.15, 0.2) is 5.78 Å². The van der Waals surface area contributed by atoms with Gasteiger partial charge >= 0.3 is 0 Å². The molecule has 0 heterocycles. The smallest absolute Gasteiger partial charge is 0.188 e. The molecule has 2 rings (SSSR count). The van der Waals surface area contributed by atoms with Crippen molar-refractivity contribution < 1.29 is 9.18 Å². The van der Waals surface area contributed by atoms with Crippen molar-refractivity contribution in [2.24, 2.45) is 0 Å². The Morgan fingerprint density at radius 2 is 2.13 bits per heavy atom. The van der Waals surface area contributed by atoms with Gasteiger partial charge in [-0.05, 0) is 43.4 Å². The van der Waals surface area contributed by atoms with E-state index < -0.39 is 0 Å². The van der Waals surface area contributed by atoms with Crippen molar-refractivity contribution in [3.63, 3.8) is 0 Å². The molecule has 0 saturated carbocycles. The topological polar surface area (TPSA) is 17.1 Å². The molecule has 1 aromatic carbocycles. The molecule has 15 heavy (non-hydrogen) atoms. The molecule has 0 atom stereocenters. The number of allylic oxidation sites excluding steroid dienone is 2. The number of ketones is 1. The van der Waals surface area contributed by atoms with Gasteiger partial charge in [-0.15, -0.1) is 0 Å². The summed E-state index contributed by atoms with van der Waals surface area (Å²) in [5, 5.41) is 0. The third kappa shape index (κ3) is 2.32. The largest absolute Gasteiger partial charge is 0.289 e. The zero-order chi connectivity index (χ0) is 10.7. The van der Waals surface area contributed by atoms with Gasteiger partial charge in [0.25, 0.3) is 0 Å². The first-order valence-corrected chi connectivity index (χ1v) is 5.26. The van der Waals surface area contributed by atoms with Gasteiger partial charge in [-0.3, -0.25) is 4.79 Å². The Labute approximate surface area is 88.6 Å². The van der Waals surface area contributed by atoms with Gasteiger partial charge in [0.1, 0.15) is 5.82 Å². The van der Waals surface area contributed by atoms with E-state index in [-0.39, 0.29) is 11.6 Å². The number of Topliss-reactive ketones (excluding diaryl/α,β-unsaturated/α-hetero) is 1. The fourth-order valence-electron chi connectivity index (χ4n) is 1.86. The van der Waals surface area contributed by atoms with Crippen LogP contribution in [0.4, 0.5) is 4.39 Å². The van der Waals surface area contributed by atoms with E-state index in [2.05, 4.69) is 0 Å². The number of hydrogen-bond acceptors (Lipinski definition) is 1. The van der Waals surface area contributed by atoms with Crippen LogP contribution in [0, 0.1) is 5.82 Å². The number of halogens is 1. The lowest BCUT2D eigenvalue weighted by molar-refractivity contribution is 0.102. The summed E-state index contributed by atoms with van der Waals surface area (Å²) in [5.41, 5.74) is 1.30. The maximum Gasteiger partial charge on any atom is 0.188 e. The van der Waals surface area contributed by atoms with Crippen molar-refractivity contribution in [3.8, 4) is 0 Å². The predicted molar refractivity (Wildman–Crippen MR) is 57.3 cm³/mol. The monoisotopic (exact) mass is 204 g/mol. The lowest BCUT2D eigenvalue weighted by Gasteiger charge is -2.11. The summed E-state index contributed by atoms with van der Waals surface area (Å²) in [6.07, 6.45) is 6.00. The Morgan fingerprint density at radius 1 is 1.27 bits per heavy atom. The Kier molecular flexibility index (Phi) is 2.95. The Bertz CT molecular complexity index is 407. The van der Waals surface area contributed by atoms with Crippen LogP contribution in [0.25, 0.3) is 0 Å². The van der Waals surface area contributed by atoms with Crippen LogP contribution in [0.2, 0.25) is 0 Å². The Balaban J connectivity index is 2.24. The minimum absolute atomic E-state index is 0.0193. The maximum atomic E-state index is 12.9. The molecule has 2 heteroatoms. The van der Waals surface area contributed by atoms with Gasteiger partial charge < -0.3 is 0 Å². The highest BCUT2D eigenvalue weighted by Gasteiger charge is 2.14. The Hall–Kier alpha value is -1.44. The molecule has 0 fully saturated rings. The van der Waals surface area contributed by atoms with Crippen molar-refractivity contribution in [3.05, 3.63) is 47.3 Å². The molecule has 0 spiro atoms. The molecular weight excluding hydrogens is 191 g/mol. The number of carbonyl (C=O) groups is 1. The molecule has 0 unspecified atom stereocenters. The fraction of sp³-hybridized carbons (Fsp3) is 0.308. The summed E-state index contributed by atoms with van der Waals surface area (Å²) < 4.78 is 12.9. The van der Waals surface area contributed by atoms with E-state index in [4.69, 9.17) is 0 Å². The van der Waals surface area contributed by atoms with Gasteiger partial charge in [-0.2, -0.15) is 0 Å². The molecule has 1 nitrogen and oxygen atoms in total. The first-order chi connectivity index (χ1) is 7.27. The van der Waals surface area contributed by atoms with E-state index >= 15 is 0 Å². The van der Waals surface area contributed by atoms with E-state index in [0.29, 0.717) is 5.56 Å². The molecule has 1 aliphatic rings. The quantitative estimate of drug-likeness (QED) is 0.674. The average Bonchev–Trinajstić information content (AvgIpc) is 2.29. The van der Waals surface area contributed by atoms with Gasteiger partial charge in [0.2, 0.25) is 0 Å². The van der Waals surface area contributed by atoms with Crippen molar-refractivity contribution in [1.82, 2.24) is 0 Å². The SMILES string of the molecule is O=C(C1=CCCCC1)c1cccc(F)c1. The maximum absolute atomic E-state index is 12.9. The van der Waals surface area contributed by atoms with Crippen LogP contribution in [-0.2, 0) is 0 Å². The molecule has 0 amide bonds. The summed E-state index contributed by atoms with van der Waals surface area (Å²) in [4.78, 5) is 11.9. The second-order valence-corrected chi connectivity index (χ2v) is 3.81. The van der Waals surface area contributed by atoms with E-state index in [0.717, 1.165) is 31.3 Å². The zero-order valence-corrected chi connectivity index (χ0v) is 8.50. The highest BCUT2D eigenvalue weighted by molar-refractivity contribution is 6.08. The number of carbonyl (C=O) groups excluding carboxylic acids is 1. The van der Waals surface area contributed by atoms with Crippen LogP contribution in [0.3, 0.4) is 0 Å². The lowest BCUT2D eigenvalue weighted by Crippen LogP contribution is -2.06. The van der Waals surface area contributed by atoms with Gasteiger partial charge in [-0.1, -0.05) is 18.2 Å². The van der Waals surface area contributed by atoms with Crippen LogP contribution in [-0.4, -0.2) is 5.78 Å². The third-order valence-electron chi connectivity index (χ3n) is 2.67. The lowest BCUT2D eigenvalue weighted by atomic mass is 9.93. The first-order valence-electron chi connectivity index (χ1n) is 5.26. The van der Waals surface area contributed by atoms with Gasteiger partial charge in [-0.25, -0.2) is 4.39 Å².